The first-order valence-electron chi connectivity index (χ1n) is 5.61. The summed E-state index contributed by atoms with van der Waals surface area (Å²) < 4.78 is 6.77. The van der Waals surface area contributed by atoms with Crippen molar-refractivity contribution in [2.75, 3.05) is 6.54 Å². The van der Waals surface area contributed by atoms with Crippen LogP contribution in [0.5, 0.6) is 0 Å². The van der Waals surface area contributed by atoms with Crippen LogP contribution in [0, 0.1) is 13.8 Å². The van der Waals surface area contributed by atoms with E-state index in [0.29, 0.717) is 23.9 Å². The molecule has 2 rings (SSSR count). The Morgan fingerprint density at radius 2 is 2.33 bits per heavy atom. The second-order valence-electron chi connectivity index (χ2n) is 3.94. The van der Waals surface area contributed by atoms with Crippen molar-refractivity contribution >= 4 is 17.5 Å². The molecule has 0 radical (unpaired) electrons. The lowest BCUT2D eigenvalue weighted by molar-refractivity contribution is 0.0924. The largest absolute Gasteiger partial charge is 0.459 e. The van der Waals surface area contributed by atoms with Crippen molar-refractivity contribution in [1.29, 1.82) is 0 Å². The number of carbonyl (C=O) groups excluding carboxylic acids is 1. The number of aromatic nitrogens is 2. The molecule has 0 bridgehead atoms. The summed E-state index contributed by atoms with van der Waals surface area (Å²) in [7, 11) is 0. The Balaban J connectivity index is 1.89. The van der Waals surface area contributed by atoms with Gasteiger partial charge in [-0.25, -0.2) is 0 Å². The fourth-order valence-electron chi connectivity index (χ4n) is 1.66. The fourth-order valence-corrected chi connectivity index (χ4v) is 1.80. The number of aryl methyl sites for hydroxylation is 1. The number of halogens is 1. The molecule has 0 saturated heterocycles. The van der Waals surface area contributed by atoms with Gasteiger partial charge in [0.05, 0.1) is 29.2 Å². The molecule has 96 valence electrons. The zero-order chi connectivity index (χ0) is 13.1. The van der Waals surface area contributed by atoms with E-state index in [-0.39, 0.29) is 5.91 Å². The zero-order valence-corrected chi connectivity index (χ0v) is 11.0. The molecule has 18 heavy (non-hydrogen) atoms. The third-order valence-electron chi connectivity index (χ3n) is 2.65. The van der Waals surface area contributed by atoms with Crippen molar-refractivity contribution < 1.29 is 9.21 Å². The predicted octanol–water partition coefficient (Wildman–Crippen LogP) is 2.18. The lowest BCUT2D eigenvalue weighted by atomic mass is 10.4. The van der Waals surface area contributed by atoms with Crippen LogP contribution in [0.15, 0.2) is 22.8 Å². The molecule has 0 aliphatic rings. The monoisotopic (exact) mass is 267 g/mol. The van der Waals surface area contributed by atoms with Gasteiger partial charge in [0.1, 0.15) is 0 Å². The van der Waals surface area contributed by atoms with E-state index in [0.717, 1.165) is 11.4 Å². The van der Waals surface area contributed by atoms with Gasteiger partial charge in [-0.1, -0.05) is 11.6 Å². The molecule has 1 N–H and O–H groups in total. The van der Waals surface area contributed by atoms with Gasteiger partial charge in [-0.05, 0) is 26.0 Å². The Labute approximate surface area is 110 Å². The SMILES string of the molecule is Cc1nn(CCNC(=O)c2ccco2)c(C)c1Cl. The van der Waals surface area contributed by atoms with Gasteiger partial charge in [-0.15, -0.1) is 0 Å². The Kier molecular flexibility index (Phi) is 3.72. The summed E-state index contributed by atoms with van der Waals surface area (Å²) in [5.74, 6) is 0.0778. The van der Waals surface area contributed by atoms with E-state index in [1.807, 2.05) is 13.8 Å². The summed E-state index contributed by atoms with van der Waals surface area (Å²) in [5.41, 5.74) is 1.70. The molecule has 0 saturated carbocycles. The highest BCUT2D eigenvalue weighted by atomic mass is 35.5. The Hall–Kier alpha value is -1.75. The molecule has 0 atom stereocenters. The van der Waals surface area contributed by atoms with Crippen LogP contribution >= 0.6 is 11.6 Å². The van der Waals surface area contributed by atoms with E-state index in [1.54, 1.807) is 16.8 Å². The third kappa shape index (κ3) is 2.56. The van der Waals surface area contributed by atoms with Crippen LogP contribution in [-0.2, 0) is 6.54 Å². The molecule has 0 spiro atoms. The standard InChI is InChI=1S/C12H14ClN3O2/c1-8-11(13)9(2)16(15-8)6-5-14-12(17)10-4-3-7-18-10/h3-4,7H,5-6H2,1-2H3,(H,14,17). The van der Waals surface area contributed by atoms with E-state index in [2.05, 4.69) is 10.4 Å². The van der Waals surface area contributed by atoms with Crippen LogP contribution in [0.1, 0.15) is 21.9 Å². The van der Waals surface area contributed by atoms with Crippen LogP contribution in [0.25, 0.3) is 0 Å². The number of amides is 1. The number of hydrogen-bond donors (Lipinski definition) is 1. The average Bonchev–Trinajstić information content (AvgIpc) is 2.95. The summed E-state index contributed by atoms with van der Waals surface area (Å²) in [6, 6.07) is 3.30. The number of rotatable bonds is 4. The number of nitrogens with one attached hydrogen (secondary N) is 1. The van der Waals surface area contributed by atoms with Gasteiger partial charge in [-0.2, -0.15) is 5.10 Å². The van der Waals surface area contributed by atoms with Gasteiger partial charge in [0.25, 0.3) is 5.91 Å². The Bertz CT molecular complexity index is 546. The Morgan fingerprint density at radius 1 is 1.56 bits per heavy atom. The van der Waals surface area contributed by atoms with Gasteiger partial charge in [-0.3, -0.25) is 9.48 Å². The molecule has 2 aromatic rings. The average molecular weight is 268 g/mol. The molecule has 0 fully saturated rings. The van der Waals surface area contributed by atoms with Crippen LogP contribution in [-0.4, -0.2) is 22.2 Å². The summed E-state index contributed by atoms with van der Waals surface area (Å²) in [4.78, 5) is 11.6. The predicted molar refractivity (Wildman–Crippen MR) is 67.8 cm³/mol. The Morgan fingerprint density at radius 3 is 2.89 bits per heavy atom. The van der Waals surface area contributed by atoms with Gasteiger partial charge in [0.15, 0.2) is 5.76 Å². The summed E-state index contributed by atoms with van der Waals surface area (Å²) in [6.07, 6.45) is 1.47. The maximum atomic E-state index is 11.6. The van der Waals surface area contributed by atoms with Crippen molar-refractivity contribution in [3.63, 3.8) is 0 Å². The highest BCUT2D eigenvalue weighted by Crippen LogP contribution is 2.18. The summed E-state index contributed by atoms with van der Waals surface area (Å²) >= 11 is 6.04. The lowest BCUT2D eigenvalue weighted by Crippen LogP contribution is -2.27. The smallest absolute Gasteiger partial charge is 0.287 e. The normalized spacial score (nSPS) is 10.6. The first-order valence-corrected chi connectivity index (χ1v) is 5.98. The highest BCUT2D eigenvalue weighted by molar-refractivity contribution is 6.31. The summed E-state index contributed by atoms with van der Waals surface area (Å²) in [6.45, 7) is 4.80. The van der Waals surface area contributed by atoms with Crippen molar-refractivity contribution in [2.24, 2.45) is 0 Å². The van der Waals surface area contributed by atoms with E-state index >= 15 is 0 Å². The molecule has 0 aliphatic carbocycles. The lowest BCUT2D eigenvalue weighted by Gasteiger charge is -2.05. The second kappa shape index (κ2) is 5.27. The molecule has 2 aromatic heterocycles. The third-order valence-corrected chi connectivity index (χ3v) is 3.19. The van der Waals surface area contributed by atoms with Crippen molar-refractivity contribution in [3.8, 4) is 0 Å². The van der Waals surface area contributed by atoms with Crippen LogP contribution in [0.2, 0.25) is 5.02 Å². The fraction of sp³-hybridized carbons (Fsp3) is 0.333. The van der Waals surface area contributed by atoms with Crippen molar-refractivity contribution in [2.45, 2.75) is 20.4 Å². The van der Waals surface area contributed by atoms with Gasteiger partial charge in [0, 0.05) is 6.54 Å². The molecule has 0 aliphatic heterocycles. The molecule has 2 heterocycles. The molecular formula is C12H14ClN3O2. The quantitative estimate of drug-likeness (QED) is 0.924. The first-order chi connectivity index (χ1) is 8.59. The maximum absolute atomic E-state index is 11.6. The number of nitrogens with zero attached hydrogens (tertiary/aromatic N) is 2. The van der Waals surface area contributed by atoms with E-state index in [1.165, 1.54) is 6.26 Å². The van der Waals surface area contributed by atoms with Gasteiger partial charge < -0.3 is 9.73 Å². The second-order valence-corrected chi connectivity index (χ2v) is 4.32. The minimum absolute atomic E-state index is 0.229. The number of hydrogen-bond acceptors (Lipinski definition) is 3. The number of carbonyl (C=O) groups is 1. The maximum Gasteiger partial charge on any atom is 0.287 e. The molecular weight excluding hydrogens is 254 g/mol. The minimum atomic E-state index is -0.229. The van der Waals surface area contributed by atoms with Crippen LogP contribution < -0.4 is 5.32 Å². The van der Waals surface area contributed by atoms with Gasteiger partial charge >= 0.3 is 0 Å². The van der Waals surface area contributed by atoms with E-state index < -0.39 is 0 Å². The molecule has 6 heteroatoms. The van der Waals surface area contributed by atoms with Gasteiger partial charge in [0.2, 0.25) is 0 Å². The van der Waals surface area contributed by atoms with Crippen molar-refractivity contribution in [1.82, 2.24) is 15.1 Å². The minimum Gasteiger partial charge on any atom is -0.459 e. The summed E-state index contributed by atoms with van der Waals surface area (Å²) in [5, 5.41) is 7.71. The van der Waals surface area contributed by atoms with E-state index in [4.69, 9.17) is 16.0 Å². The van der Waals surface area contributed by atoms with Crippen molar-refractivity contribution in [3.05, 3.63) is 40.6 Å². The highest BCUT2D eigenvalue weighted by Gasteiger charge is 2.10. The van der Waals surface area contributed by atoms with Crippen LogP contribution in [0.4, 0.5) is 0 Å². The molecule has 0 aromatic carbocycles. The zero-order valence-electron chi connectivity index (χ0n) is 10.2. The van der Waals surface area contributed by atoms with E-state index in [9.17, 15) is 4.79 Å². The topological polar surface area (TPSA) is 60.1 Å². The number of furan rings is 1. The molecule has 0 unspecified atom stereocenters. The first kappa shape index (κ1) is 12.7. The molecule has 5 nitrogen and oxygen atoms in total. The van der Waals surface area contributed by atoms with Crippen LogP contribution in [0.3, 0.4) is 0 Å². The molecule has 1 amide bonds.